The molecule has 1 amide bonds. The Labute approximate surface area is 157 Å². The predicted molar refractivity (Wildman–Crippen MR) is 97.6 cm³/mol. The number of nitrogens with zero attached hydrogens (tertiary/aromatic N) is 1. The molecule has 1 aliphatic heterocycles. The molecule has 27 heavy (non-hydrogen) atoms. The van der Waals surface area contributed by atoms with Crippen LogP contribution in [0.4, 0.5) is 0 Å². The first-order valence-electron chi connectivity index (χ1n) is 8.27. The maximum atomic E-state index is 12.6. The van der Waals surface area contributed by atoms with Crippen molar-refractivity contribution in [3.63, 3.8) is 0 Å². The lowest BCUT2D eigenvalue weighted by molar-refractivity contribution is -0.131. The molecule has 0 radical (unpaired) electrons. The second kappa shape index (κ2) is 7.40. The smallest absolute Gasteiger partial charge is 0.308 e. The van der Waals surface area contributed by atoms with Gasteiger partial charge in [0.15, 0.2) is 9.84 Å². The fraction of sp³-hybridized carbons (Fsp3) is 0.263. The van der Waals surface area contributed by atoms with E-state index in [1.165, 1.54) is 43.2 Å². The van der Waals surface area contributed by atoms with Crippen molar-refractivity contribution in [2.24, 2.45) is 0 Å². The lowest BCUT2D eigenvalue weighted by Gasteiger charge is -2.38. The van der Waals surface area contributed by atoms with Crippen LogP contribution in [0.2, 0.25) is 0 Å². The number of likely N-dealkylation sites (tertiary alicyclic amines) is 1. The zero-order valence-corrected chi connectivity index (χ0v) is 15.7. The van der Waals surface area contributed by atoms with Gasteiger partial charge in [0.1, 0.15) is 16.7 Å². The summed E-state index contributed by atoms with van der Waals surface area (Å²) in [7, 11) is -1.99. The van der Waals surface area contributed by atoms with E-state index in [1.807, 2.05) is 0 Å². The van der Waals surface area contributed by atoms with Crippen LogP contribution in [0, 0.1) is 0 Å². The van der Waals surface area contributed by atoms with E-state index in [0.29, 0.717) is 17.1 Å². The van der Waals surface area contributed by atoms with E-state index in [1.54, 1.807) is 24.3 Å². The molecule has 2 aromatic rings. The third-order valence-electron chi connectivity index (χ3n) is 4.32. The molecule has 0 unspecified atom stereocenters. The first kappa shape index (κ1) is 18.9. The van der Waals surface area contributed by atoms with Crippen LogP contribution >= 0.6 is 0 Å². The summed E-state index contributed by atoms with van der Waals surface area (Å²) in [5.74, 6) is 0.230. The van der Waals surface area contributed by atoms with Gasteiger partial charge in [-0.05, 0) is 48.5 Å². The fourth-order valence-corrected chi connectivity index (χ4v) is 4.42. The van der Waals surface area contributed by atoms with Gasteiger partial charge in [-0.2, -0.15) is 0 Å². The molecule has 1 aliphatic rings. The molecule has 0 bridgehead atoms. The number of ether oxygens (including phenoxy) is 2. The third kappa shape index (κ3) is 3.95. The van der Waals surface area contributed by atoms with Gasteiger partial charge in [0.05, 0.1) is 12.0 Å². The Kier molecular flexibility index (Phi) is 5.18. The molecule has 0 N–H and O–H groups in total. The minimum Gasteiger partial charge on any atom is -0.497 e. The van der Waals surface area contributed by atoms with Gasteiger partial charge in [-0.1, -0.05) is 0 Å². The Bertz CT molecular complexity index is 945. The average molecular weight is 389 g/mol. The van der Waals surface area contributed by atoms with Gasteiger partial charge in [-0.3, -0.25) is 9.59 Å². The minimum absolute atomic E-state index is 0.138. The average Bonchev–Trinajstić information content (AvgIpc) is 2.60. The number of benzene rings is 2. The molecule has 0 aliphatic carbocycles. The largest absolute Gasteiger partial charge is 0.497 e. The molecule has 1 saturated heterocycles. The van der Waals surface area contributed by atoms with Gasteiger partial charge in [-0.25, -0.2) is 8.42 Å². The molecule has 7 nitrogen and oxygen atoms in total. The molecule has 1 heterocycles. The van der Waals surface area contributed by atoms with Crippen LogP contribution < -0.4 is 9.47 Å². The topological polar surface area (TPSA) is 90.0 Å². The molecule has 1 fully saturated rings. The molecule has 0 saturated carbocycles. The number of carbonyl (C=O) groups is 2. The summed E-state index contributed by atoms with van der Waals surface area (Å²) >= 11 is 0. The second-order valence-electron chi connectivity index (χ2n) is 6.17. The third-order valence-corrected chi connectivity index (χ3v) is 6.43. The highest BCUT2D eigenvalue weighted by Gasteiger charge is 2.40. The highest BCUT2D eigenvalue weighted by Crippen LogP contribution is 2.26. The molecule has 8 heteroatoms. The number of hydrogen-bond acceptors (Lipinski definition) is 6. The van der Waals surface area contributed by atoms with Crippen molar-refractivity contribution in [1.82, 2.24) is 4.90 Å². The Hall–Kier alpha value is -2.87. The molecule has 2 aromatic carbocycles. The summed E-state index contributed by atoms with van der Waals surface area (Å²) in [5, 5.41) is -0.629. The van der Waals surface area contributed by atoms with Crippen molar-refractivity contribution in [3.05, 3.63) is 54.1 Å². The van der Waals surface area contributed by atoms with Crippen LogP contribution in [0.25, 0.3) is 0 Å². The van der Waals surface area contributed by atoms with Crippen LogP contribution in [0.5, 0.6) is 11.5 Å². The lowest BCUT2D eigenvalue weighted by atomic mass is 10.1. The Morgan fingerprint density at radius 2 is 1.52 bits per heavy atom. The maximum absolute atomic E-state index is 12.6. The molecule has 3 rings (SSSR count). The molecule has 0 atom stereocenters. The van der Waals surface area contributed by atoms with Gasteiger partial charge in [-0.15, -0.1) is 0 Å². The summed E-state index contributed by atoms with van der Waals surface area (Å²) in [6, 6.07) is 12.4. The summed E-state index contributed by atoms with van der Waals surface area (Å²) in [5.41, 5.74) is 0.409. The first-order valence-corrected chi connectivity index (χ1v) is 9.81. The van der Waals surface area contributed by atoms with E-state index in [2.05, 4.69) is 0 Å². The Morgan fingerprint density at radius 1 is 0.963 bits per heavy atom. The Balaban J connectivity index is 1.64. The highest BCUT2D eigenvalue weighted by molar-refractivity contribution is 7.92. The van der Waals surface area contributed by atoms with Crippen molar-refractivity contribution in [2.75, 3.05) is 20.2 Å². The van der Waals surface area contributed by atoms with Crippen molar-refractivity contribution < 1.29 is 27.5 Å². The lowest BCUT2D eigenvalue weighted by Crippen LogP contribution is -2.56. The number of rotatable bonds is 5. The first-order chi connectivity index (χ1) is 12.8. The zero-order valence-electron chi connectivity index (χ0n) is 14.9. The fourth-order valence-electron chi connectivity index (χ4n) is 2.77. The van der Waals surface area contributed by atoms with Crippen molar-refractivity contribution in [1.29, 1.82) is 0 Å². The molecule has 0 aromatic heterocycles. The number of hydrogen-bond donors (Lipinski definition) is 0. The molecule has 142 valence electrons. The molecule has 0 spiro atoms. The zero-order chi connectivity index (χ0) is 19.6. The van der Waals surface area contributed by atoms with Gasteiger partial charge < -0.3 is 14.4 Å². The van der Waals surface area contributed by atoms with Crippen molar-refractivity contribution >= 4 is 21.7 Å². The minimum atomic E-state index is -3.50. The molecular formula is C19H19NO6S. The van der Waals surface area contributed by atoms with E-state index in [4.69, 9.17) is 9.47 Å². The number of sulfone groups is 1. The Morgan fingerprint density at radius 3 is 2.04 bits per heavy atom. The number of carbonyl (C=O) groups excluding carboxylic acids is 2. The number of esters is 1. The quantitative estimate of drug-likeness (QED) is 0.573. The monoisotopic (exact) mass is 389 g/mol. The van der Waals surface area contributed by atoms with Gasteiger partial charge in [0.25, 0.3) is 5.91 Å². The van der Waals surface area contributed by atoms with E-state index < -0.39 is 21.1 Å². The van der Waals surface area contributed by atoms with Gasteiger partial charge in [0, 0.05) is 25.6 Å². The van der Waals surface area contributed by atoms with Crippen LogP contribution in [0.1, 0.15) is 17.3 Å². The summed E-state index contributed by atoms with van der Waals surface area (Å²) in [6.07, 6.45) is 0. The van der Waals surface area contributed by atoms with Crippen LogP contribution in [0.15, 0.2) is 53.4 Å². The summed E-state index contributed by atoms with van der Waals surface area (Å²) < 4.78 is 35.2. The van der Waals surface area contributed by atoms with E-state index in [9.17, 15) is 18.0 Å². The van der Waals surface area contributed by atoms with Crippen LogP contribution in [-0.4, -0.2) is 50.6 Å². The van der Waals surface area contributed by atoms with E-state index in [0.717, 1.165) is 0 Å². The highest BCUT2D eigenvalue weighted by atomic mass is 32.2. The second-order valence-corrected chi connectivity index (χ2v) is 8.40. The maximum Gasteiger partial charge on any atom is 0.308 e. The van der Waals surface area contributed by atoms with Gasteiger partial charge in [0.2, 0.25) is 0 Å². The molecular weight excluding hydrogens is 370 g/mol. The summed E-state index contributed by atoms with van der Waals surface area (Å²) in [6.45, 7) is 1.57. The van der Waals surface area contributed by atoms with Gasteiger partial charge >= 0.3 is 5.97 Å². The normalized spacial score (nSPS) is 14.4. The van der Waals surface area contributed by atoms with Crippen LogP contribution in [-0.2, 0) is 14.6 Å². The number of methoxy groups -OCH3 is 1. The van der Waals surface area contributed by atoms with Crippen molar-refractivity contribution in [2.45, 2.75) is 17.1 Å². The van der Waals surface area contributed by atoms with Crippen molar-refractivity contribution in [3.8, 4) is 11.5 Å². The van der Waals surface area contributed by atoms with E-state index in [-0.39, 0.29) is 23.9 Å². The standard InChI is InChI=1S/C19H19NO6S/c1-13(21)26-16-5-3-14(4-6-16)19(22)20-11-18(12-20)27(23,24)17-9-7-15(25-2)8-10-17/h3-10,18H,11-12H2,1-2H3. The SMILES string of the molecule is COc1ccc(S(=O)(=O)C2CN(C(=O)c3ccc(OC(C)=O)cc3)C2)cc1. The van der Waals surface area contributed by atoms with E-state index >= 15 is 0 Å². The van der Waals surface area contributed by atoms with Crippen LogP contribution in [0.3, 0.4) is 0 Å². The number of amides is 1. The predicted octanol–water partition coefficient (Wildman–Crippen LogP) is 1.92. The summed E-state index contributed by atoms with van der Waals surface area (Å²) in [4.78, 5) is 25.1.